The zero-order chi connectivity index (χ0) is 26.2. The van der Waals surface area contributed by atoms with Crippen molar-refractivity contribution >= 4 is 11.9 Å². The van der Waals surface area contributed by atoms with Crippen LogP contribution in [0, 0.1) is 0 Å². The van der Waals surface area contributed by atoms with Gasteiger partial charge in [-0.15, -0.1) is 0 Å². The molecular formula is C29H40O7. The molecule has 2 aromatic carbocycles. The first-order valence-electron chi connectivity index (χ1n) is 12.8. The van der Waals surface area contributed by atoms with E-state index in [1.54, 1.807) is 24.3 Å². The van der Waals surface area contributed by atoms with Crippen LogP contribution in [0.5, 0.6) is 23.0 Å². The molecule has 0 saturated heterocycles. The summed E-state index contributed by atoms with van der Waals surface area (Å²) in [6.45, 7) is 2.65. The largest absolute Gasteiger partial charge is 0.493 e. The Hall–Kier alpha value is -3.22. The quantitative estimate of drug-likeness (QED) is 0.131. The number of hydrogen-bond acceptors (Lipinski definition) is 7. The fraction of sp³-hybridized carbons (Fsp3) is 0.517. The number of ether oxygens (including phenoxy) is 5. The number of benzene rings is 2. The SMILES string of the molecule is CCCCCCCCCCCCOC(=O)c1ccc(OC(=O)c2cc(OC)c(OC)c(OC)c2)cc1. The lowest BCUT2D eigenvalue weighted by Gasteiger charge is -2.13. The maximum absolute atomic E-state index is 12.6. The molecule has 0 radical (unpaired) electrons. The lowest BCUT2D eigenvalue weighted by molar-refractivity contribution is 0.0497. The summed E-state index contributed by atoms with van der Waals surface area (Å²) in [6, 6.07) is 9.32. The minimum atomic E-state index is -0.592. The molecule has 7 nitrogen and oxygen atoms in total. The van der Waals surface area contributed by atoms with Gasteiger partial charge in [-0.05, 0) is 42.8 Å². The minimum Gasteiger partial charge on any atom is -0.493 e. The Morgan fingerprint density at radius 2 is 1.17 bits per heavy atom. The van der Waals surface area contributed by atoms with Crippen LogP contribution in [0.2, 0.25) is 0 Å². The van der Waals surface area contributed by atoms with Crippen molar-refractivity contribution in [1.82, 2.24) is 0 Å². The number of hydrogen-bond donors (Lipinski definition) is 0. The molecule has 36 heavy (non-hydrogen) atoms. The maximum atomic E-state index is 12.6. The van der Waals surface area contributed by atoms with Gasteiger partial charge in [-0.2, -0.15) is 0 Å². The molecule has 2 rings (SSSR count). The van der Waals surface area contributed by atoms with Gasteiger partial charge in [0.2, 0.25) is 5.75 Å². The van der Waals surface area contributed by atoms with Gasteiger partial charge in [-0.3, -0.25) is 0 Å². The van der Waals surface area contributed by atoms with Crippen LogP contribution in [-0.4, -0.2) is 39.9 Å². The molecule has 0 spiro atoms. The zero-order valence-corrected chi connectivity index (χ0v) is 22.1. The van der Waals surface area contributed by atoms with Gasteiger partial charge in [0.05, 0.1) is 39.1 Å². The van der Waals surface area contributed by atoms with Crippen molar-refractivity contribution in [1.29, 1.82) is 0 Å². The normalized spacial score (nSPS) is 10.6. The van der Waals surface area contributed by atoms with E-state index in [1.807, 2.05) is 0 Å². The molecule has 2 aromatic rings. The highest BCUT2D eigenvalue weighted by atomic mass is 16.5. The number of methoxy groups -OCH3 is 3. The van der Waals surface area contributed by atoms with E-state index in [-0.39, 0.29) is 11.5 Å². The van der Waals surface area contributed by atoms with Crippen molar-refractivity contribution in [2.75, 3.05) is 27.9 Å². The Balaban J connectivity index is 1.75. The summed E-state index contributed by atoms with van der Waals surface area (Å²) in [6.07, 6.45) is 12.3. The number of carbonyl (C=O) groups excluding carboxylic acids is 2. The lowest BCUT2D eigenvalue weighted by atomic mass is 10.1. The Bertz CT molecular complexity index is 912. The van der Waals surface area contributed by atoms with Gasteiger partial charge in [0.25, 0.3) is 0 Å². The van der Waals surface area contributed by atoms with Crippen LogP contribution in [-0.2, 0) is 4.74 Å². The molecule has 0 saturated carbocycles. The van der Waals surface area contributed by atoms with Crippen LogP contribution in [0.15, 0.2) is 36.4 Å². The summed E-state index contributed by atoms with van der Waals surface area (Å²) in [5.41, 5.74) is 0.652. The van der Waals surface area contributed by atoms with E-state index < -0.39 is 5.97 Å². The Morgan fingerprint density at radius 1 is 0.639 bits per heavy atom. The molecule has 0 bridgehead atoms. The summed E-state index contributed by atoms with van der Waals surface area (Å²) < 4.78 is 26.6. The standard InChI is InChI=1S/C29H40O7/c1-5-6-7-8-9-10-11-12-13-14-19-35-28(30)22-15-17-24(18-16-22)36-29(31)23-20-25(32-2)27(34-4)26(21-23)33-3/h15-18,20-21H,5-14,19H2,1-4H3. The van der Waals surface area contributed by atoms with Gasteiger partial charge in [-0.25, -0.2) is 9.59 Å². The second-order valence-electron chi connectivity index (χ2n) is 8.65. The molecule has 0 aliphatic heterocycles. The van der Waals surface area contributed by atoms with Crippen molar-refractivity contribution in [3.8, 4) is 23.0 Å². The second kappa shape index (κ2) is 16.5. The molecule has 198 valence electrons. The van der Waals surface area contributed by atoms with E-state index in [9.17, 15) is 9.59 Å². The van der Waals surface area contributed by atoms with Crippen LogP contribution in [0.25, 0.3) is 0 Å². The third-order valence-corrected chi connectivity index (χ3v) is 5.93. The Labute approximate surface area is 215 Å². The Morgan fingerprint density at radius 3 is 1.67 bits per heavy atom. The molecule has 0 fully saturated rings. The van der Waals surface area contributed by atoms with E-state index in [0.29, 0.717) is 35.2 Å². The number of esters is 2. The third kappa shape index (κ3) is 9.44. The summed E-state index contributed by atoms with van der Waals surface area (Å²) >= 11 is 0. The van der Waals surface area contributed by atoms with E-state index in [4.69, 9.17) is 23.7 Å². The van der Waals surface area contributed by atoms with Gasteiger partial charge in [-0.1, -0.05) is 64.7 Å². The molecule has 0 atom stereocenters. The number of rotatable bonds is 17. The minimum absolute atomic E-state index is 0.240. The predicted molar refractivity (Wildman–Crippen MR) is 140 cm³/mol. The summed E-state index contributed by atoms with van der Waals surface area (Å²) in [5.74, 6) is 0.421. The first kappa shape index (κ1) is 29.0. The highest BCUT2D eigenvalue weighted by Gasteiger charge is 2.18. The van der Waals surface area contributed by atoms with Crippen molar-refractivity contribution in [3.63, 3.8) is 0 Å². The molecule has 0 aliphatic carbocycles. The monoisotopic (exact) mass is 500 g/mol. The Kier molecular flexibility index (Phi) is 13.3. The van der Waals surface area contributed by atoms with Crippen LogP contribution in [0.3, 0.4) is 0 Å². The van der Waals surface area contributed by atoms with Crippen molar-refractivity contribution in [2.24, 2.45) is 0 Å². The fourth-order valence-electron chi connectivity index (χ4n) is 3.86. The highest BCUT2D eigenvalue weighted by Crippen LogP contribution is 2.38. The molecule has 7 heteroatoms. The van der Waals surface area contributed by atoms with Gasteiger partial charge in [0.1, 0.15) is 5.75 Å². The second-order valence-corrected chi connectivity index (χ2v) is 8.65. The average molecular weight is 501 g/mol. The van der Waals surface area contributed by atoms with Crippen molar-refractivity contribution < 1.29 is 33.3 Å². The topological polar surface area (TPSA) is 80.3 Å². The van der Waals surface area contributed by atoms with Gasteiger partial charge in [0.15, 0.2) is 11.5 Å². The smallest absolute Gasteiger partial charge is 0.343 e. The molecule has 0 aromatic heterocycles. The van der Waals surface area contributed by atoms with Crippen LogP contribution in [0.4, 0.5) is 0 Å². The van der Waals surface area contributed by atoms with E-state index in [0.717, 1.165) is 12.8 Å². The van der Waals surface area contributed by atoms with E-state index in [2.05, 4.69) is 6.92 Å². The first-order valence-corrected chi connectivity index (χ1v) is 12.8. The van der Waals surface area contributed by atoms with Gasteiger partial charge < -0.3 is 23.7 Å². The average Bonchev–Trinajstić information content (AvgIpc) is 2.90. The van der Waals surface area contributed by atoms with E-state index >= 15 is 0 Å². The zero-order valence-electron chi connectivity index (χ0n) is 22.1. The molecule has 0 unspecified atom stereocenters. The molecular weight excluding hydrogens is 460 g/mol. The maximum Gasteiger partial charge on any atom is 0.343 e. The fourth-order valence-corrected chi connectivity index (χ4v) is 3.86. The van der Waals surface area contributed by atoms with Crippen molar-refractivity contribution in [2.45, 2.75) is 71.1 Å². The number of carbonyl (C=O) groups is 2. The third-order valence-electron chi connectivity index (χ3n) is 5.93. The molecule has 0 heterocycles. The number of unbranched alkanes of at least 4 members (excludes halogenated alkanes) is 9. The van der Waals surface area contributed by atoms with E-state index in [1.165, 1.54) is 84.8 Å². The summed E-state index contributed by atoms with van der Waals surface area (Å²) in [7, 11) is 4.43. The molecule has 0 N–H and O–H groups in total. The van der Waals surface area contributed by atoms with Gasteiger partial charge >= 0.3 is 11.9 Å². The lowest BCUT2D eigenvalue weighted by Crippen LogP contribution is -2.10. The molecule has 0 aliphatic rings. The first-order chi connectivity index (χ1) is 17.5. The van der Waals surface area contributed by atoms with Crippen molar-refractivity contribution in [3.05, 3.63) is 47.5 Å². The van der Waals surface area contributed by atoms with Crippen LogP contribution < -0.4 is 18.9 Å². The highest BCUT2D eigenvalue weighted by molar-refractivity contribution is 5.93. The summed E-state index contributed by atoms with van der Waals surface area (Å²) in [5, 5.41) is 0. The molecule has 0 amide bonds. The van der Waals surface area contributed by atoms with Gasteiger partial charge in [0, 0.05) is 0 Å². The van der Waals surface area contributed by atoms with Crippen LogP contribution in [0.1, 0.15) is 91.8 Å². The van der Waals surface area contributed by atoms with Crippen LogP contribution >= 0.6 is 0 Å². The summed E-state index contributed by atoms with van der Waals surface area (Å²) in [4.78, 5) is 24.9. The predicted octanol–water partition coefficient (Wildman–Crippen LogP) is 7.01.